The number of rotatable bonds is 2. The van der Waals surface area contributed by atoms with Crippen LogP contribution in [0.15, 0.2) is 12.1 Å². The monoisotopic (exact) mass is 227 g/mol. The molecule has 1 aliphatic rings. The highest BCUT2D eigenvalue weighted by Gasteiger charge is 2.49. The van der Waals surface area contributed by atoms with Gasteiger partial charge in [-0.1, -0.05) is 37.5 Å². The maximum absolute atomic E-state index is 5.63. The summed E-state index contributed by atoms with van der Waals surface area (Å²) in [7, 11) is 0. The van der Waals surface area contributed by atoms with E-state index < -0.39 is 0 Å². The largest absolute Gasteiger partial charge is 0.349 e. The Kier molecular flexibility index (Phi) is 2.91. The van der Waals surface area contributed by atoms with Crippen molar-refractivity contribution in [3.05, 3.63) is 28.8 Å². The molecular weight excluding hydrogens is 206 g/mol. The Hall–Kier alpha value is -1.42. The fourth-order valence-corrected chi connectivity index (χ4v) is 2.98. The van der Waals surface area contributed by atoms with Gasteiger partial charge < -0.3 is 4.90 Å². The van der Waals surface area contributed by atoms with Crippen molar-refractivity contribution in [1.82, 2.24) is 0 Å². The van der Waals surface area contributed by atoms with Crippen molar-refractivity contribution in [3.8, 4) is 12.3 Å². The molecule has 1 heterocycles. The third-order valence-corrected chi connectivity index (χ3v) is 3.60. The van der Waals surface area contributed by atoms with Crippen molar-refractivity contribution in [2.45, 2.75) is 46.7 Å². The van der Waals surface area contributed by atoms with Gasteiger partial charge in [0, 0.05) is 5.69 Å². The third kappa shape index (κ3) is 1.93. The number of terminal acetylenes is 1. The molecule has 0 unspecified atom stereocenters. The van der Waals surface area contributed by atoms with E-state index in [2.05, 4.69) is 57.6 Å². The molecule has 1 saturated heterocycles. The zero-order chi connectivity index (χ0) is 12.7. The lowest BCUT2D eigenvalue weighted by Crippen LogP contribution is -2.08. The van der Waals surface area contributed by atoms with E-state index >= 15 is 0 Å². The molecule has 2 atom stereocenters. The van der Waals surface area contributed by atoms with Crippen LogP contribution < -0.4 is 4.90 Å². The van der Waals surface area contributed by atoms with E-state index in [1.807, 2.05) is 0 Å². The Labute approximate surface area is 105 Å². The Balaban J connectivity index is 2.40. The number of anilines is 1. The second kappa shape index (κ2) is 4.11. The highest BCUT2D eigenvalue weighted by Crippen LogP contribution is 2.42. The first-order valence-electron chi connectivity index (χ1n) is 6.29. The van der Waals surface area contributed by atoms with Gasteiger partial charge in [0.05, 0.1) is 6.04 Å². The minimum absolute atomic E-state index is 0.287. The molecule has 0 spiro atoms. The summed E-state index contributed by atoms with van der Waals surface area (Å²) >= 11 is 0. The van der Waals surface area contributed by atoms with Gasteiger partial charge in [-0.15, -0.1) is 6.42 Å². The first-order chi connectivity index (χ1) is 7.97. The van der Waals surface area contributed by atoms with Gasteiger partial charge in [0.15, 0.2) is 0 Å². The molecule has 1 aromatic rings. The lowest BCUT2D eigenvalue weighted by molar-refractivity contribution is 0.638. The number of aryl methyl sites for hydroxylation is 3. The highest BCUT2D eigenvalue weighted by molar-refractivity contribution is 5.68. The van der Waals surface area contributed by atoms with Crippen molar-refractivity contribution >= 4 is 5.69 Å². The van der Waals surface area contributed by atoms with Crippen LogP contribution in [0.4, 0.5) is 5.69 Å². The number of hydrogen-bond donors (Lipinski definition) is 0. The van der Waals surface area contributed by atoms with E-state index in [-0.39, 0.29) is 6.04 Å². The topological polar surface area (TPSA) is 3.01 Å². The molecule has 0 saturated carbocycles. The summed E-state index contributed by atoms with van der Waals surface area (Å²) in [6.45, 7) is 11.0. The number of nitrogens with zero attached hydrogens (tertiary/aromatic N) is 1. The summed E-state index contributed by atoms with van der Waals surface area (Å²) in [5, 5.41) is 0. The summed E-state index contributed by atoms with van der Waals surface area (Å²) in [4.78, 5) is 2.40. The lowest BCUT2D eigenvalue weighted by atomic mass is 10.0. The SMILES string of the molecule is C#C[C@@H]1[C@@H](C(C)C)N1c1c(C)cc(C)cc1C. The average Bonchev–Trinajstić information content (AvgIpc) is 2.90. The molecule has 90 valence electrons. The highest BCUT2D eigenvalue weighted by atomic mass is 15.4. The maximum Gasteiger partial charge on any atom is 0.111 e. The molecule has 0 aliphatic carbocycles. The number of hydrogen-bond acceptors (Lipinski definition) is 1. The standard InChI is InChI=1S/C16H21N/c1-7-14-15(10(2)3)17(14)16-12(5)8-11(4)9-13(16)6/h1,8-10,14-15H,2-6H3/t14-,15-,17?/m1/s1. The van der Waals surface area contributed by atoms with Gasteiger partial charge in [0.1, 0.15) is 6.04 Å². The average molecular weight is 227 g/mol. The van der Waals surface area contributed by atoms with Crippen molar-refractivity contribution in [2.75, 3.05) is 4.90 Å². The van der Waals surface area contributed by atoms with E-state index in [1.165, 1.54) is 22.4 Å². The molecule has 1 nitrogen and oxygen atoms in total. The van der Waals surface area contributed by atoms with Crippen LogP contribution in [0.5, 0.6) is 0 Å². The van der Waals surface area contributed by atoms with Gasteiger partial charge >= 0.3 is 0 Å². The Bertz CT molecular complexity index is 456. The first kappa shape index (κ1) is 12.0. The molecule has 2 rings (SSSR count). The molecule has 1 aromatic carbocycles. The molecule has 1 fully saturated rings. The molecule has 1 aliphatic heterocycles. The van der Waals surface area contributed by atoms with Crippen molar-refractivity contribution in [3.63, 3.8) is 0 Å². The van der Waals surface area contributed by atoms with Crippen LogP contribution in [0.2, 0.25) is 0 Å². The minimum Gasteiger partial charge on any atom is -0.349 e. The van der Waals surface area contributed by atoms with Crippen LogP contribution in [0.3, 0.4) is 0 Å². The fraction of sp³-hybridized carbons (Fsp3) is 0.500. The van der Waals surface area contributed by atoms with Crippen LogP contribution in [-0.2, 0) is 0 Å². The van der Waals surface area contributed by atoms with Crippen LogP contribution >= 0.6 is 0 Å². The van der Waals surface area contributed by atoms with Gasteiger partial charge in [0.25, 0.3) is 0 Å². The van der Waals surface area contributed by atoms with Crippen molar-refractivity contribution < 1.29 is 0 Å². The molecule has 17 heavy (non-hydrogen) atoms. The molecule has 0 bridgehead atoms. The Morgan fingerprint density at radius 2 is 1.71 bits per heavy atom. The van der Waals surface area contributed by atoms with Gasteiger partial charge in [-0.2, -0.15) is 0 Å². The van der Waals surface area contributed by atoms with Gasteiger partial charge in [0.2, 0.25) is 0 Å². The van der Waals surface area contributed by atoms with Crippen LogP contribution in [0.25, 0.3) is 0 Å². The normalized spacial score (nSPS) is 22.8. The summed E-state index contributed by atoms with van der Waals surface area (Å²) in [6, 6.07) is 5.28. The van der Waals surface area contributed by atoms with E-state index in [0.717, 1.165) is 0 Å². The smallest absolute Gasteiger partial charge is 0.111 e. The second-order valence-electron chi connectivity index (χ2n) is 5.50. The van der Waals surface area contributed by atoms with Gasteiger partial charge in [-0.3, -0.25) is 0 Å². The first-order valence-corrected chi connectivity index (χ1v) is 6.29. The Morgan fingerprint density at radius 3 is 2.06 bits per heavy atom. The Morgan fingerprint density at radius 1 is 1.18 bits per heavy atom. The fourth-order valence-electron chi connectivity index (χ4n) is 2.98. The van der Waals surface area contributed by atoms with E-state index in [4.69, 9.17) is 6.42 Å². The minimum atomic E-state index is 0.287. The quantitative estimate of drug-likeness (QED) is 0.552. The predicted molar refractivity (Wildman–Crippen MR) is 74.4 cm³/mol. The van der Waals surface area contributed by atoms with Crippen molar-refractivity contribution in [1.29, 1.82) is 0 Å². The lowest BCUT2D eigenvalue weighted by Gasteiger charge is -2.15. The van der Waals surface area contributed by atoms with Gasteiger partial charge in [-0.05, 0) is 37.8 Å². The van der Waals surface area contributed by atoms with Crippen LogP contribution in [0, 0.1) is 39.0 Å². The van der Waals surface area contributed by atoms with Gasteiger partial charge in [-0.25, -0.2) is 0 Å². The van der Waals surface area contributed by atoms with Crippen molar-refractivity contribution in [2.24, 2.45) is 5.92 Å². The summed E-state index contributed by atoms with van der Waals surface area (Å²) in [6.07, 6.45) is 5.63. The molecular formula is C16H21N. The van der Waals surface area contributed by atoms with Crippen LogP contribution in [-0.4, -0.2) is 12.1 Å². The summed E-state index contributed by atoms with van der Waals surface area (Å²) in [5.41, 5.74) is 5.35. The molecule has 0 aromatic heterocycles. The molecule has 1 heteroatoms. The second-order valence-corrected chi connectivity index (χ2v) is 5.50. The zero-order valence-electron chi connectivity index (χ0n) is 11.4. The number of benzene rings is 1. The predicted octanol–water partition coefficient (Wildman–Crippen LogP) is 3.46. The summed E-state index contributed by atoms with van der Waals surface area (Å²) in [5.74, 6) is 3.52. The summed E-state index contributed by atoms with van der Waals surface area (Å²) < 4.78 is 0. The molecule has 0 radical (unpaired) electrons. The third-order valence-electron chi connectivity index (χ3n) is 3.60. The van der Waals surface area contributed by atoms with E-state index in [9.17, 15) is 0 Å². The molecule has 0 N–H and O–H groups in total. The molecule has 0 amide bonds. The van der Waals surface area contributed by atoms with E-state index in [0.29, 0.717) is 12.0 Å². The zero-order valence-corrected chi connectivity index (χ0v) is 11.4. The van der Waals surface area contributed by atoms with E-state index in [1.54, 1.807) is 0 Å². The maximum atomic E-state index is 5.63. The van der Waals surface area contributed by atoms with Crippen LogP contribution in [0.1, 0.15) is 30.5 Å².